The van der Waals surface area contributed by atoms with Crippen molar-refractivity contribution in [3.05, 3.63) is 59.8 Å². The van der Waals surface area contributed by atoms with E-state index in [1.165, 1.54) is 17.7 Å². The Balaban J connectivity index is 1.70. The Kier molecular flexibility index (Phi) is 7.74. The number of aliphatic hydroxyl groups excluding tert-OH is 1. The van der Waals surface area contributed by atoms with Gasteiger partial charge in [-0.15, -0.1) is 0 Å². The van der Waals surface area contributed by atoms with Crippen LogP contribution in [0.3, 0.4) is 0 Å². The Morgan fingerprint density at radius 2 is 1.92 bits per heavy atom. The lowest BCUT2D eigenvalue weighted by Crippen LogP contribution is -2.60. The molecule has 1 N–H and O–H groups in total. The maximum atomic E-state index is 12.8. The predicted molar refractivity (Wildman–Crippen MR) is 135 cm³/mol. The average molecular weight is 499 g/mol. The third-order valence-corrected chi connectivity index (χ3v) is 8.44. The van der Waals surface area contributed by atoms with Gasteiger partial charge < -0.3 is 24.1 Å². The molecule has 0 aromatic carbocycles. The number of carbonyl (C=O) groups is 2. The number of carbonyl (C=O) groups excluding carboxylic acids is 2. The summed E-state index contributed by atoms with van der Waals surface area (Å²) in [5.41, 5.74) is 1.74. The summed E-state index contributed by atoms with van der Waals surface area (Å²) in [5.74, 6) is -0.891. The third-order valence-electron chi connectivity index (χ3n) is 8.44. The molecule has 4 aliphatic rings. The molecule has 7 atom stereocenters. The molecule has 36 heavy (non-hydrogen) atoms. The average Bonchev–Trinajstić information content (AvgIpc) is 2.98. The van der Waals surface area contributed by atoms with E-state index in [1.807, 2.05) is 6.92 Å². The summed E-state index contributed by atoms with van der Waals surface area (Å²) < 4.78 is 24.2. The Morgan fingerprint density at radius 3 is 2.67 bits per heavy atom. The zero-order chi connectivity index (χ0) is 26.1. The summed E-state index contributed by atoms with van der Waals surface area (Å²) in [7, 11) is 0. The van der Waals surface area contributed by atoms with Crippen LogP contribution >= 0.6 is 0 Å². The minimum Gasteiger partial charge on any atom is -0.462 e. The fourth-order valence-electron chi connectivity index (χ4n) is 6.04. The largest absolute Gasteiger partial charge is 0.462 e. The molecule has 1 saturated carbocycles. The molecule has 196 valence electrons. The van der Waals surface area contributed by atoms with Crippen LogP contribution in [0.25, 0.3) is 0 Å². The number of cyclic esters (lactones) is 1. The molecule has 2 aliphatic carbocycles. The molecule has 2 fully saturated rings. The van der Waals surface area contributed by atoms with Crippen molar-refractivity contribution in [1.82, 2.24) is 0 Å². The Hall–Kier alpha value is -2.48. The number of ether oxygens (including phenoxy) is 4. The lowest BCUT2D eigenvalue weighted by atomic mass is 9.53. The fourth-order valence-corrected chi connectivity index (χ4v) is 6.04. The second-order valence-corrected chi connectivity index (χ2v) is 10.8. The molecule has 0 amide bonds. The van der Waals surface area contributed by atoms with Crippen LogP contribution < -0.4 is 0 Å². The van der Waals surface area contributed by atoms with Crippen molar-refractivity contribution < 1.29 is 33.6 Å². The molecule has 2 aliphatic heterocycles. The molecule has 0 unspecified atom stereocenters. The first-order valence-electron chi connectivity index (χ1n) is 12.8. The molecule has 7 heteroatoms. The quantitative estimate of drug-likeness (QED) is 0.429. The number of rotatable bonds is 1. The van der Waals surface area contributed by atoms with Crippen molar-refractivity contribution in [1.29, 1.82) is 0 Å². The first-order chi connectivity index (χ1) is 17.1. The Labute approximate surface area is 213 Å². The van der Waals surface area contributed by atoms with Gasteiger partial charge in [-0.2, -0.15) is 0 Å². The van der Waals surface area contributed by atoms with Crippen LogP contribution in [0.5, 0.6) is 0 Å². The molecule has 0 aromatic rings. The van der Waals surface area contributed by atoms with Gasteiger partial charge in [-0.25, -0.2) is 9.59 Å². The van der Waals surface area contributed by atoms with Gasteiger partial charge in [-0.3, -0.25) is 0 Å². The highest BCUT2D eigenvalue weighted by molar-refractivity contribution is 5.83. The Bertz CT molecular complexity index is 1020. The SMILES string of the molecule is C=C1[C@H]2C[C@H]3OC(=O)/C=C\C=C\[C@H]([C@@H](C)O)OCC/C(C)=C\C(=O)OC[C@@]4(CCC(C)=C[C@H]4O2)[C@]13C. The highest BCUT2D eigenvalue weighted by Crippen LogP contribution is 2.65. The van der Waals surface area contributed by atoms with E-state index in [4.69, 9.17) is 18.9 Å². The van der Waals surface area contributed by atoms with E-state index < -0.39 is 41.1 Å². The topological polar surface area (TPSA) is 91.3 Å². The van der Waals surface area contributed by atoms with E-state index in [-0.39, 0.29) is 18.8 Å². The number of esters is 2. The molecule has 2 heterocycles. The van der Waals surface area contributed by atoms with Gasteiger partial charge in [0, 0.05) is 29.4 Å². The number of hydrogen-bond acceptors (Lipinski definition) is 7. The molecule has 2 bridgehead atoms. The smallest absolute Gasteiger partial charge is 0.331 e. The van der Waals surface area contributed by atoms with Gasteiger partial charge in [0.2, 0.25) is 0 Å². The van der Waals surface area contributed by atoms with Crippen LogP contribution in [0.15, 0.2) is 59.8 Å². The van der Waals surface area contributed by atoms with E-state index in [9.17, 15) is 14.7 Å². The second-order valence-electron chi connectivity index (χ2n) is 10.8. The van der Waals surface area contributed by atoms with Crippen LogP contribution in [0.4, 0.5) is 0 Å². The van der Waals surface area contributed by atoms with E-state index in [2.05, 4.69) is 26.5 Å². The maximum Gasteiger partial charge on any atom is 0.331 e. The number of hydrogen-bond donors (Lipinski definition) is 1. The van der Waals surface area contributed by atoms with Crippen LogP contribution in [-0.4, -0.2) is 60.8 Å². The lowest BCUT2D eigenvalue weighted by molar-refractivity contribution is -0.181. The summed E-state index contributed by atoms with van der Waals surface area (Å²) in [4.78, 5) is 25.7. The van der Waals surface area contributed by atoms with Gasteiger partial charge >= 0.3 is 11.9 Å². The van der Waals surface area contributed by atoms with Crippen molar-refractivity contribution in [2.24, 2.45) is 10.8 Å². The maximum absolute atomic E-state index is 12.8. The Morgan fingerprint density at radius 1 is 1.14 bits per heavy atom. The van der Waals surface area contributed by atoms with Crippen molar-refractivity contribution >= 4 is 11.9 Å². The minimum absolute atomic E-state index is 0.138. The first-order valence-corrected chi connectivity index (χ1v) is 12.8. The van der Waals surface area contributed by atoms with Crippen LogP contribution in [0.1, 0.15) is 53.4 Å². The number of aliphatic hydroxyl groups is 1. The number of allylic oxidation sites excluding steroid dienone is 3. The molecule has 0 radical (unpaired) electrons. The molecule has 7 nitrogen and oxygen atoms in total. The van der Waals surface area contributed by atoms with E-state index in [0.717, 1.165) is 24.0 Å². The standard InChI is InChI=1S/C29H38O7/c1-18-10-12-29-17-34-27(32)15-19(2)11-13-33-22(21(4)30)8-6-7-9-26(31)36-24-16-23(35-25(29)14-18)20(3)28(24,29)5/h6-9,14-15,21-25,30H,3,10-13,16-17H2,1-2,4-5H3/b8-6+,9-7-,19-15-/t21-,22-,23-,24-,25-,28-,29-/m1/s1. The minimum atomic E-state index is -0.734. The second kappa shape index (κ2) is 10.5. The normalized spacial score (nSPS) is 41.9. The fraction of sp³-hybridized carbons (Fsp3) is 0.586. The monoisotopic (exact) mass is 498 g/mol. The third kappa shape index (κ3) is 4.89. The van der Waals surface area contributed by atoms with E-state index in [1.54, 1.807) is 25.2 Å². The zero-order valence-electron chi connectivity index (χ0n) is 21.7. The van der Waals surface area contributed by atoms with Crippen molar-refractivity contribution in [2.75, 3.05) is 13.2 Å². The molecule has 4 rings (SSSR count). The molecule has 1 saturated heterocycles. The van der Waals surface area contributed by atoms with Crippen LogP contribution in [-0.2, 0) is 28.5 Å². The first kappa shape index (κ1) is 26.6. The van der Waals surface area contributed by atoms with Crippen molar-refractivity contribution in [3.8, 4) is 0 Å². The summed E-state index contributed by atoms with van der Waals surface area (Å²) in [6, 6.07) is 0. The summed E-state index contributed by atoms with van der Waals surface area (Å²) >= 11 is 0. The zero-order valence-corrected chi connectivity index (χ0v) is 21.7. The van der Waals surface area contributed by atoms with E-state index in [0.29, 0.717) is 19.4 Å². The van der Waals surface area contributed by atoms with Gasteiger partial charge in [0.15, 0.2) is 0 Å². The van der Waals surface area contributed by atoms with Crippen molar-refractivity contribution in [2.45, 2.75) is 83.9 Å². The van der Waals surface area contributed by atoms with Crippen LogP contribution in [0.2, 0.25) is 0 Å². The summed E-state index contributed by atoms with van der Waals surface area (Å²) in [6.07, 6.45) is 10.3. The summed E-state index contributed by atoms with van der Waals surface area (Å²) in [6.45, 7) is 12.5. The molecule has 0 aromatic heterocycles. The van der Waals surface area contributed by atoms with Gasteiger partial charge in [-0.1, -0.05) is 49.0 Å². The number of fused-ring (bicyclic) bond motifs is 1. The lowest BCUT2D eigenvalue weighted by Gasteiger charge is -2.56. The van der Waals surface area contributed by atoms with Crippen LogP contribution in [0, 0.1) is 10.8 Å². The highest BCUT2D eigenvalue weighted by atomic mass is 16.6. The molecule has 1 spiro atoms. The van der Waals surface area contributed by atoms with Gasteiger partial charge in [-0.05, 0) is 45.6 Å². The highest BCUT2D eigenvalue weighted by Gasteiger charge is 2.68. The van der Waals surface area contributed by atoms with E-state index >= 15 is 0 Å². The van der Waals surface area contributed by atoms with Gasteiger partial charge in [0.1, 0.15) is 18.8 Å². The van der Waals surface area contributed by atoms with Crippen molar-refractivity contribution in [3.63, 3.8) is 0 Å². The van der Waals surface area contributed by atoms with Gasteiger partial charge in [0.05, 0.1) is 24.9 Å². The summed E-state index contributed by atoms with van der Waals surface area (Å²) in [5, 5.41) is 10.0. The molecular weight excluding hydrogens is 460 g/mol. The molecular formula is C29H38O7. The van der Waals surface area contributed by atoms with Gasteiger partial charge in [0.25, 0.3) is 0 Å². The predicted octanol–water partition coefficient (Wildman–Crippen LogP) is 4.13.